The van der Waals surface area contributed by atoms with Crippen molar-refractivity contribution in [1.29, 1.82) is 0 Å². The summed E-state index contributed by atoms with van der Waals surface area (Å²) < 4.78 is 63.1. The summed E-state index contributed by atoms with van der Waals surface area (Å²) in [7, 11) is -7.36. The molecule has 0 amide bonds. The van der Waals surface area contributed by atoms with Gasteiger partial charge in [-0.15, -0.1) is 0 Å². The fourth-order valence-electron chi connectivity index (χ4n) is 2.04. The molecule has 6 nitrogen and oxygen atoms in total. The molecular formula is C11H14BrFN2O4S2. The van der Waals surface area contributed by atoms with E-state index in [1.54, 1.807) is 0 Å². The first-order valence-electron chi connectivity index (χ1n) is 6.08. The van der Waals surface area contributed by atoms with Crippen LogP contribution in [0.1, 0.15) is 6.42 Å². The molecule has 0 aliphatic carbocycles. The van der Waals surface area contributed by atoms with Crippen LogP contribution in [0.3, 0.4) is 0 Å². The summed E-state index contributed by atoms with van der Waals surface area (Å²) in [5.74, 6) is -1.26. The van der Waals surface area contributed by atoms with Gasteiger partial charge >= 0.3 is 0 Å². The molecule has 0 atom stereocenters. The lowest BCUT2D eigenvalue weighted by molar-refractivity contribution is 0.430. The van der Waals surface area contributed by atoms with Crippen LogP contribution in [0.15, 0.2) is 21.5 Å². The predicted molar refractivity (Wildman–Crippen MR) is 80.5 cm³/mol. The van der Waals surface area contributed by atoms with Crippen molar-refractivity contribution in [3.8, 4) is 0 Å². The number of nitrogen functional groups attached to an aromatic ring is 1. The molecule has 2 rings (SSSR count). The van der Waals surface area contributed by atoms with Crippen molar-refractivity contribution in [1.82, 2.24) is 4.31 Å². The normalized spacial score (nSPS) is 20.1. The monoisotopic (exact) mass is 400 g/mol. The molecule has 1 aromatic carbocycles. The SMILES string of the molecule is Nc1cc(S(=O)(=O)N2CCCS(=O)(=O)CC2)c(F)cc1Br. The van der Waals surface area contributed by atoms with E-state index in [1.807, 2.05) is 0 Å². The maximum atomic E-state index is 13.9. The molecule has 118 valence electrons. The number of nitrogens with two attached hydrogens (primary N) is 1. The summed E-state index contributed by atoms with van der Waals surface area (Å²) in [6.45, 7) is -0.142. The number of halogens is 2. The Morgan fingerprint density at radius 2 is 1.90 bits per heavy atom. The standard InChI is InChI=1S/C11H14BrFN2O4S2/c12-8-6-9(13)11(7-10(8)14)21(18,19)15-2-1-4-20(16,17)5-3-15/h6-7H,1-5,14H2. The van der Waals surface area contributed by atoms with Gasteiger partial charge in [0.05, 0.1) is 11.5 Å². The van der Waals surface area contributed by atoms with E-state index in [4.69, 9.17) is 5.73 Å². The van der Waals surface area contributed by atoms with E-state index in [0.717, 1.165) is 16.4 Å². The van der Waals surface area contributed by atoms with Gasteiger partial charge in [0.1, 0.15) is 10.7 Å². The van der Waals surface area contributed by atoms with Gasteiger partial charge < -0.3 is 5.73 Å². The van der Waals surface area contributed by atoms with Crippen LogP contribution in [0.4, 0.5) is 10.1 Å². The molecule has 1 fully saturated rings. The number of rotatable bonds is 2. The van der Waals surface area contributed by atoms with Crippen molar-refractivity contribution in [2.75, 3.05) is 30.3 Å². The van der Waals surface area contributed by atoms with Crippen LogP contribution >= 0.6 is 15.9 Å². The molecule has 0 saturated carbocycles. The smallest absolute Gasteiger partial charge is 0.246 e. The predicted octanol–water partition coefficient (Wildman–Crippen LogP) is 0.980. The van der Waals surface area contributed by atoms with Gasteiger partial charge in [0, 0.05) is 23.2 Å². The molecular weight excluding hydrogens is 387 g/mol. The van der Waals surface area contributed by atoms with Gasteiger partial charge in [-0.2, -0.15) is 4.31 Å². The van der Waals surface area contributed by atoms with Gasteiger partial charge in [0.25, 0.3) is 0 Å². The second-order valence-corrected chi connectivity index (χ2v) is 9.78. The van der Waals surface area contributed by atoms with Gasteiger partial charge in [-0.25, -0.2) is 21.2 Å². The number of hydrogen-bond acceptors (Lipinski definition) is 5. The zero-order valence-corrected chi connectivity index (χ0v) is 14.1. The van der Waals surface area contributed by atoms with Crippen molar-refractivity contribution in [3.05, 3.63) is 22.4 Å². The Balaban J connectivity index is 2.41. The Morgan fingerprint density at radius 3 is 2.57 bits per heavy atom. The molecule has 0 spiro atoms. The molecule has 0 radical (unpaired) electrons. The fourth-order valence-corrected chi connectivity index (χ4v) is 5.30. The summed E-state index contributed by atoms with van der Waals surface area (Å²) in [6, 6.07) is 2.02. The van der Waals surface area contributed by atoms with E-state index in [0.29, 0.717) is 0 Å². The Kier molecular flexibility index (Phi) is 4.62. The van der Waals surface area contributed by atoms with Crippen molar-refractivity contribution >= 4 is 41.5 Å². The molecule has 1 heterocycles. The number of hydrogen-bond donors (Lipinski definition) is 1. The van der Waals surface area contributed by atoms with E-state index >= 15 is 0 Å². The van der Waals surface area contributed by atoms with E-state index in [9.17, 15) is 21.2 Å². The molecule has 1 aliphatic rings. The summed E-state index contributed by atoms with van der Waals surface area (Å²) in [5, 5.41) is 0. The van der Waals surface area contributed by atoms with Crippen molar-refractivity contribution in [3.63, 3.8) is 0 Å². The highest BCUT2D eigenvalue weighted by Gasteiger charge is 2.31. The lowest BCUT2D eigenvalue weighted by atomic mass is 10.3. The van der Waals surface area contributed by atoms with Crippen LogP contribution in [-0.2, 0) is 19.9 Å². The summed E-state index contributed by atoms with van der Waals surface area (Å²) >= 11 is 3.02. The molecule has 0 unspecified atom stereocenters. The fraction of sp³-hybridized carbons (Fsp3) is 0.455. The third-order valence-electron chi connectivity index (χ3n) is 3.18. The highest BCUT2D eigenvalue weighted by atomic mass is 79.9. The molecule has 0 aromatic heterocycles. The zero-order valence-electron chi connectivity index (χ0n) is 10.9. The molecule has 2 N–H and O–H groups in total. The largest absolute Gasteiger partial charge is 0.398 e. The average Bonchev–Trinajstić information content (AvgIpc) is 2.55. The minimum atomic E-state index is -4.11. The number of anilines is 1. The maximum Gasteiger partial charge on any atom is 0.246 e. The Hall–Kier alpha value is -0.710. The molecule has 21 heavy (non-hydrogen) atoms. The first-order valence-corrected chi connectivity index (χ1v) is 10.1. The Bertz CT molecular complexity index is 765. The summed E-state index contributed by atoms with van der Waals surface area (Å²) in [4.78, 5) is -0.539. The van der Waals surface area contributed by atoms with Gasteiger partial charge in [0.15, 0.2) is 9.84 Å². The van der Waals surface area contributed by atoms with Crippen LogP contribution in [0.2, 0.25) is 0 Å². The highest BCUT2D eigenvalue weighted by Crippen LogP contribution is 2.28. The van der Waals surface area contributed by atoms with E-state index in [2.05, 4.69) is 15.9 Å². The third kappa shape index (κ3) is 3.55. The van der Waals surface area contributed by atoms with Crippen LogP contribution in [0, 0.1) is 5.82 Å². The second-order valence-electron chi connectivity index (χ2n) is 4.71. The molecule has 0 bridgehead atoms. The minimum Gasteiger partial charge on any atom is -0.398 e. The Morgan fingerprint density at radius 1 is 1.24 bits per heavy atom. The maximum absolute atomic E-state index is 13.9. The highest BCUT2D eigenvalue weighted by molar-refractivity contribution is 9.10. The van der Waals surface area contributed by atoms with E-state index in [-0.39, 0.29) is 41.2 Å². The summed E-state index contributed by atoms with van der Waals surface area (Å²) in [5.41, 5.74) is 5.69. The number of benzene rings is 1. The quantitative estimate of drug-likeness (QED) is 0.746. The summed E-state index contributed by atoms with van der Waals surface area (Å²) in [6.07, 6.45) is 0.190. The van der Waals surface area contributed by atoms with Gasteiger partial charge in [0.2, 0.25) is 10.0 Å². The lowest BCUT2D eigenvalue weighted by Gasteiger charge is -2.20. The van der Waals surface area contributed by atoms with Gasteiger partial charge in [-0.05, 0) is 34.5 Å². The number of nitrogens with zero attached hydrogens (tertiary/aromatic N) is 1. The molecule has 10 heteroatoms. The van der Waals surface area contributed by atoms with Crippen molar-refractivity contribution < 1.29 is 21.2 Å². The molecule has 1 aliphatic heterocycles. The van der Waals surface area contributed by atoms with Crippen molar-refractivity contribution in [2.24, 2.45) is 0 Å². The third-order valence-corrected chi connectivity index (χ3v) is 7.50. The topological polar surface area (TPSA) is 97.5 Å². The van der Waals surface area contributed by atoms with Crippen LogP contribution in [0.25, 0.3) is 0 Å². The molecule has 1 saturated heterocycles. The first-order chi connectivity index (χ1) is 9.63. The second kappa shape index (κ2) is 5.82. The van der Waals surface area contributed by atoms with Crippen LogP contribution in [0.5, 0.6) is 0 Å². The van der Waals surface area contributed by atoms with Gasteiger partial charge in [-0.3, -0.25) is 0 Å². The minimum absolute atomic E-state index is 0.0387. The number of sulfonamides is 1. The Labute approximate surface area is 131 Å². The number of sulfone groups is 1. The van der Waals surface area contributed by atoms with E-state index in [1.165, 1.54) is 0 Å². The first kappa shape index (κ1) is 16.7. The van der Waals surface area contributed by atoms with Crippen LogP contribution in [-0.4, -0.2) is 45.7 Å². The van der Waals surface area contributed by atoms with Gasteiger partial charge in [-0.1, -0.05) is 0 Å². The zero-order chi connectivity index (χ0) is 15.8. The van der Waals surface area contributed by atoms with E-state index < -0.39 is 30.6 Å². The van der Waals surface area contributed by atoms with Crippen LogP contribution < -0.4 is 5.73 Å². The van der Waals surface area contributed by atoms with Crippen molar-refractivity contribution in [2.45, 2.75) is 11.3 Å². The molecule has 1 aromatic rings. The lowest BCUT2D eigenvalue weighted by Crippen LogP contribution is -2.34. The average molecular weight is 401 g/mol.